The van der Waals surface area contributed by atoms with Crippen LogP contribution in [0.2, 0.25) is 0 Å². The van der Waals surface area contributed by atoms with Crippen molar-refractivity contribution in [3.8, 4) is 11.8 Å². The van der Waals surface area contributed by atoms with Crippen molar-refractivity contribution in [2.45, 2.75) is 13.8 Å². The van der Waals surface area contributed by atoms with Gasteiger partial charge in [0.1, 0.15) is 5.82 Å². The van der Waals surface area contributed by atoms with Gasteiger partial charge in [-0.25, -0.2) is 4.39 Å². The predicted molar refractivity (Wildman–Crippen MR) is 70.1 cm³/mol. The molecule has 0 bridgehead atoms. The van der Waals surface area contributed by atoms with Crippen LogP contribution in [0, 0.1) is 24.6 Å². The van der Waals surface area contributed by atoms with Crippen LogP contribution in [0.4, 0.5) is 4.39 Å². The van der Waals surface area contributed by atoms with Crippen LogP contribution in [-0.2, 0) is 0 Å². The maximum absolute atomic E-state index is 12.3. The first-order chi connectivity index (χ1) is 8.24. The van der Waals surface area contributed by atoms with E-state index in [0.29, 0.717) is 5.56 Å². The van der Waals surface area contributed by atoms with Crippen molar-refractivity contribution < 1.29 is 4.39 Å². The van der Waals surface area contributed by atoms with Gasteiger partial charge >= 0.3 is 0 Å². The Kier molecular flexibility index (Phi) is 5.54. The topological polar surface area (TPSA) is 0 Å². The van der Waals surface area contributed by atoms with Gasteiger partial charge in [-0.05, 0) is 37.6 Å². The Labute approximate surface area is 102 Å². The summed E-state index contributed by atoms with van der Waals surface area (Å²) in [5, 5.41) is 0. The van der Waals surface area contributed by atoms with E-state index < -0.39 is 0 Å². The van der Waals surface area contributed by atoms with Gasteiger partial charge in [0, 0.05) is 5.56 Å². The normalized spacial score (nSPS) is 8.41. The predicted octanol–water partition coefficient (Wildman–Crippen LogP) is 4.19. The number of benzene rings is 2. The highest BCUT2D eigenvalue weighted by molar-refractivity contribution is 5.32. The Bertz CT molecular complexity index is 483. The molecule has 0 aliphatic rings. The lowest BCUT2D eigenvalue weighted by molar-refractivity contribution is 0.618. The summed E-state index contributed by atoms with van der Waals surface area (Å²) in [6.07, 6.45) is 0. The highest BCUT2D eigenvalue weighted by atomic mass is 19.1. The second-order valence-corrected chi connectivity index (χ2v) is 3.49. The summed E-state index contributed by atoms with van der Waals surface area (Å²) in [6, 6.07) is 16.7. The third-order valence-corrected chi connectivity index (χ3v) is 2.12. The molecule has 2 rings (SSSR count). The molecule has 0 unspecified atom stereocenters. The zero-order valence-electron chi connectivity index (χ0n) is 10.1. The summed E-state index contributed by atoms with van der Waals surface area (Å²) < 4.78 is 12.3. The number of aryl methyl sites for hydroxylation is 1. The number of hydrogen-bond donors (Lipinski definition) is 0. The van der Waals surface area contributed by atoms with E-state index in [0.717, 1.165) is 5.56 Å². The number of rotatable bonds is 0. The van der Waals surface area contributed by atoms with E-state index in [9.17, 15) is 4.39 Å². The molecule has 0 fully saturated rings. The molecule has 0 aliphatic heterocycles. The van der Waals surface area contributed by atoms with E-state index in [-0.39, 0.29) is 5.82 Å². The molecule has 2 aromatic carbocycles. The van der Waals surface area contributed by atoms with E-state index in [1.54, 1.807) is 19.1 Å². The van der Waals surface area contributed by atoms with Crippen molar-refractivity contribution in [1.82, 2.24) is 0 Å². The van der Waals surface area contributed by atoms with Crippen molar-refractivity contribution in [2.24, 2.45) is 0 Å². The Morgan fingerprint density at radius 3 is 1.94 bits per heavy atom. The number of hydrogen-bond acceptors (Lipinski definition) is 0. The van der Waals surface area contributed by atoms with E-state index in [2.05, 4.69) is 11.8 Å². The average Bonchev–Trinajstić information content (AvgIpc) is 2.36. The molecule has 0 heterocycles. The minimum atomic E-state index is -0.132. The molecule has 0 N–H and O–H groups in total. The van der Waals surface area contributed by atoms with Crippen molar-refractivity contribution in [1.29, 1.82) is 0 Å². The lowest BCUT2D eigenvalue weighted by Gasteiger charge is -1.89. The summed E-state index contributed by atoms with van der Waals surface area (Å²) in [6.45, 7) is 3.59. The summed E-state index contributed by atoms with van der Waals surface area (Å²) in [4.78, 5) is 0. The molecule has 0 atom stereocenters. The van der Waals surface area contributed by atoms with Crippen LogP contribution < -0.4 is 0 Å². The van der Waals surface area contributed by atoms with Crippen molar-refractivity contribution >= 4 is 0 Å². The largest absolute Gasteiger partial charge is 0.207 e. The Morgan fingerprint density at radius 1 is 0.882 bits per heavy atom. The van der Waals surface area contributed by atoms with E-state index >= 15 is 0 Å². The van der Waals surface area contributed by atoms with Crippen LogP contribution in [0.3, 0.4) is 0 Å². The lowest BCUT2D eigenvalue weighted by atomic mass is 10.2. The van der Waals surface area contributed by atoms with Crippen LogP contribution in [-0.4, -0.2) is 0 Å². The summed E-state index contributed by atoms with van der Waals surface area (Å²) in [7, 11) is 0. The van der Waals surface area contributed by atoms with Gasteiger partial charge in [0.05, 0.1) is 0 Å². The Hall–Kier alpha value is -2.07. The fourth-order valence-electron chi connectivity index (χ4n) is 1.22. The maximum Gasteiger partial charge on any atom is 0.126 e. The van der Waals surface area contributed by atoms with E-state index in [4.69, 9.17) is 0 Å². The molecule has 0 radical (unpaired) electrons. The van der Waals surface area contributed by atoms with Crippen LogP contribution in [0.15, 0.2) is 54.6 Å². The Balaban J connectivity index is 0.000000171. The number of halogens is 1. The third kappa shape index (κ3) is 4.99. The zero-order chi connectivity index (χ0) is 12.5. The fourth-order valence-corrected chi connectivity index (χ4v) is 1.22. The maximum atomic E-state index is 12.3. The first-order valence-corrected chi connectivity index (χ1v) is 5.43. The summed E-state index contributed by atoms with van der Waals surface area (Å²) in [5.74, 6) is 5.66. The minimum Gasteiger partial charge on any atom is -0.207 e. The molecule has 2 aromatic rings. The van der Waals surface area contributed by atoms with Gasteiger partial charge in [-0.15, -0.1) is 5.92 Å². The summed E-state index contributed by atoms with van der Waals surface area (Å²) >= 11 is 0. The molecule has 17 heavy (non-hydrogen) atoms. The zero-order valence-corrected chi connectivity index (χ0v) is 10.1. The highest BCUT2D eigenvalue weighted by Crippen LogP contribution is 2.02. The van der Waals surface area contributed by atoms with Gasteiger partial charge in [-0.2, -0.15) is 0 Å². The quantitative estimate of drug-likeness (QED) is 0.591. The molecule has 0 nitrogen and oxygen atoms in total. The monoisotopic (exact) mass is 226 g/mol. The molecular formula is C16H15F. The first-order valence-electron chi connectivity index (χ1n) is 5.43. The van der Waals surface area contributed by atoms with Crippen LogP contribution in [0.25, 0.3) is 0 Å². The fraction of sp³-hybridized carbons (Fsp3) is 0.125. The second kappa shape index (κ2) is 7.24. The molecule has 86 valence electrons. The first kappa shape index (κ1) is 13.0. The van der Waals surface area contributed by atoms with Gasteiger partial charge in [0.25, 0.3) is 0 Å². The van der Waals surface area contributed by atoms with E-state index in [1.165, 1.54) is 6.07 Å². The smallest absolute Gasteiger partial charge is 0.126 e. The van der Waals surface area contributed by atoms with E-state index in [1.807, 2.05) is 43.3 Å². The van der Waals surface area contributed by atoms with Crippen molar-refractivity contribution in [3.05, 3.63) is 71.5 Å². The molecule has 0 amide bonds. The molecule has 0 aliphatic carbocycles. The van der Waals surface area contributed by atoms with Crippen LogP contribution in [0.1, 0.15) is 18.1 Å². The SMILES string of the molecule is CC#Cc1ccccc1.Cc1ccccc1F. The minimum absolute atomic E-state index is 0.132. The van der Waals surface area contributed by atoms with Gasteiger partial charge in [0.15, 0.2) is 0 Å². The van der Waals surface area contributed by atoms with Gasteiger partial charge in [-0.1, -0.05) is 42.3 Å². The van der Waals surface area contributed by atoms with Crippen LogP contribution >= 0.6 is 0 Å². The average molecular weight is 226 g/mol. The van der Waals surface area contributed by atoms with Gasteiger partial charge < -0.3 is 0 Å². The van der Waals surface area contributed by atoms with Gasteiger partial charge in [0.2, 0.25) is 0 Å². The molecule has 0 spiro atoms. The van der Waals surface area contributed by atoms with Crippen molar-refractivity contribution in [3.63, 3.8) is 0 Å². The third-order valence-electron chi connectivity index (χ3n) is 2.12. The van der Waals surface area contributed by atoms with Crippen molar-refractivity contribution in [2.75, 3.05) is 0 Å². The highest BCUT2D eigenvalue weighted by Gasteiger charge is 1.88. The molecular weight excluding hydrogens is 211 g/mol. The molecule has 1 heteroatoms. The second-order valence-electron chi connectivity index (χ2n) is 3.49. The lowest BCUT2D eigenvalue weighted by Crippen LogP contribution is -1.76. The van der Waals surface area contributed by atoms with Gasteiger partial charge in [-0.3, -0.25) is 0 Å². The Morgan fingerprint density at radius 2 is 1.47 bits per heavy atom. The molecule has 0 aromatic heterocycles. The van der Waals surface area contributed by atoms with Crippen LogP contribution in [0.5, 0.6) is 0 Å². The standard InChI is InChI=1S/C9H8.C7H7F/c1-2-6-9-7-4-3-5-8-9;1-6-4-2-3-5-7(6)8/h3-5,7-8H,1H3;2-5H,1H3. The summed E-state index contributed by atoms with van der Waals surface area (Å²) in [5.41, 5.74) is 1.78. The molecule has 0 saturated heterocycles. The molecule has 0 saturated carbocycles.